The van der Waals surface area contributed by atoms with E-state index >= 15 is 0 Å². The van der Waals surface area contributed by atoms with Crippen molar-refractivity contribution >= 4 is 33.0 Å². The first-order valence-electron chi connectivity index (χ1n) is 5.04. The largest absolute Gasteiger partial charge is 0.371 e. The molecule has 0 amide bonds. The molecule has 2 nitrogen and oxygen atoms in total. The Morgan fingerprint density at radius 3 is 2.80 bits per heavy atom. The number of Topliss-reactive ketones (excluding diaryl/α,β-unsaturated/α-hetero) is 1. The summed E-state index contributed by atoms with van der Waals surface area (Å²) in [5.41, 5.74) is 0. The third-order valence-electron chi connectivity index (χ3n) is 2.07. The highest BCUT2D eigenvalue weighted by atomic mass is 79.9. The lowest BCUT2D eigenvalue weighted by Crippen LogP contribution is -2.24. The maximum Gasteiger partial charge on any atom is 0.166 e. The van der Waals surface area contributed by atoms with Crippen LogP contribution in [-0.4, -0.2) is 18.5 Å². The topological polar surface area (TPSA) is 26.3 Å². The van der Waals surface area contributed by atoms with Gasteiger partial charge in [-0.1, -0.05) is 6.92 Å². The molecule has 0 aliphatic heterocycles. The van der Waals surface area contributed by atoms with Crippen molar-refractivity contribution < 1.29 is 9.53 Å². The average Bonchev–Trinajstić information content (AvgIpc) is 2.60. The number of hydrogen-bond acceptors (Lipinski definition) is 3. The molecule has 1 heterocycles. The molecule has 1 atom stereocenters. The molecule has 0 spiro atoms. The molecule has 0 saturated heterocycles. The fourth-order valence-electron chi connectivity index (χ4n) is 1.37. The van der Waals surface area contributed by atoms with Crippen LogP contribution in [0.1, 0.15) is 25.1 Å². The molecular formula is C11H15BrO2S. The maximum atomic E-state index is 11.8. The normalized spacial score (nSPS) is 12.7. The smallest absolute Gasteiger partial charge is 0.166 e. The zero-order valence-corrected chi connectivity index (χ0v) is 11.4. The van der Waals surface area contributed by atoms with Gasteiger partial charge in [-0.2, -0.15) is 0 Å². The van der Waals surface area contributed by atoms with Gasteiger partial charge in [0.15, 0.2) is 5.78 Å². The molecule has 1 unspecified atom stereocenters. The van der Waals surface area contributed by atoms with Gasteiger partial charge in [-0.3, -0.25) is 4.79 Å². The van der Waals surface area contributed by atoms with Crippen LogP contribution in [0, 0.1) is 0 Å². The van der Waals surface area contributed by atoms with Gasteiger partial charge >= 0.3 is 0 Å². The van der Waals surface area contributed by atoms with E-state index in [0.29, 0.717) is 13.0 Å². The molecule has 0 N–H and O–H groups in total. The van der Waals surface area contributed by atoms with Gasteiger partial charge in [-0.05, 0) is 35.3 Å². The Morgan fingerprint density at radius 2 is 2.33 bits per heavy atom. The predicted octanol–water partition coefficient (Wildman–Crippen LogP) is 3.44. The van der Waals surface area contributed by atoms with Crippen LogP contribution in [0.15, 0.2) is 15.9 Å². The van der Waals surface area contributed by atoms with Crippen LogP contribution >= 0.6 is 27.3 Å². The Morgan fingerprint density at radius 1 is 1.60 bits per heavy atom. The zero-order valence-electron chi connectivity index (χ0n) is 8.96. The standard InChI is InChI=1S/C11H15BrO2S/c1-3-11(14-4-2)10(13)6-9-5-8(12)7-15-9/h5,7,11H,3-4,6H2,1-2H3. The summed E-state index contributed by atoms with van der Waals surface area (Å²) < 4.78 is 6.42. The minimum absolute atomic E-state index is 0.175. The number of thiophene rings is 1. The van der Waals surface area contributed by atoms with E-state index in [0.717, 1.165) is 15.8 Å². The fourth-order valence-corrected chi connectivity index (χ4v) is 2.83. The van der Waals surface area contributed by atoms with E-state index < -0.39 is 0 Å². The fraction of sp³-hybridized carbons (Fsp3) is 0.545. The van der Waals surface area contributed by atoms with Gasteiger partial charge in [0.05, 0.1) is 0 Å². The molecular weight excluding hydrogens is 276 g/mol. The summed E-state index contributed by atoms with van der Waals surface area (Å²) in [6.07, 6.45) is 0.990. The van der Waals surface area contributed by atoms with E-state index in [2.05, 4.69) is 15.9 Å². The minimum Gasteiger partial charge on any atom is -0.371 e. The van der Waals surface area contributed by atoms with Crippen molar-refractivity contribution in [3.8, 4) is 0 Å². The summed E-state index contributed by atoms with van der Waals surface area (Å²) in [5.74, 6) is 0.175. The Kier molecular flexibility index (Phi) is 5.50. The number of ketones is 1. The van der Waals surface area contributed by atoms with E-state index in [1.54, 1.807) is 11.3 Å². The van der Waals surface area contributed by atoms with E-state index in [1.807, 2.05) is 25.3 Å². The van der Waals surface area contributed by atoms with E-state index in [-0.39, 0.29) is 11.9 Å². The Hall–Kier alpha value is -0.190. The maximum absolute atomic E-state index is 11.8. The van der Waals surface area contributed by atoms with Crippen molar-refractivity contribution in [1.82, 2.24) is 0 Å². The number of halogens is 1. The summed E-state index contributed by atoms with van der Waals surface area (Å²) in [7, 11) is 0. The average molecular weight is 291 g/mol. The van der Waals surface area contributed by atoms with Gasteiger partial charge in [-0.25, -0.2) is 0 Å². The summed E-state index contributed by atoms with van der Waals surface area (Å²) in [6.45, 7) is 4.48. The van der Waals surface area contributed by atoms with Gasteiger partial charge in [0, 0.05) is 27.8 Å². The Labute approximate surface area is 103 Å². The van der Waals surface area contributed by atoms with Crippen molar-refractivity contribution in [3.05, 3.63) is 20.8 Å². The number of carbonyl (C=O) groups is 1. The molecule has 1 aromatic rings. The number of carbonyl (C=O) groups excluding carboxylic acids is 1. The highest BCUT2D eigenvalue weighted by Gasteiger charge is 2.17. The number of ether oxygens (including phenoxy) is 1. The van der Waals surface area contributed by atoms with Crippen LogP contribution in [0.4, 0.5) is 0 Å². The predicted molar refractivity (Wildman–Crippen MR) is 66.4 cm³/mol. The first-order valence-corrected chi connectivity index (χ1v) is 6.71. The highest BCUT2D eigenvalue weighted by Crippen LogP contribution is 2.21. The van der Waals surface area contributed by atoms with Crippen LogP contribution in [0.25, 0.3) is 0 Å². The van der Waals surface area contributed by atoms with Crippen LogP contribution in [0.2, 0.25) is 0 Å². The van der Waals surface area contributed by atoms with Crippen LogP contribution in [0.5, 0.6) is 0 Å². The summed E-state index contributed by atoms with van der Waals surface area (Å²) in [5, 5.41) is 1.99. The molecule has 1 rings (SSSR count). The Bertz CT molecular complexity index is 322. The van der Waals surface area contributed by atoms with Crippen molar-refractivity contribution in [3.63, 3.8) is 0 Å². The van der Waals surface area contributed by atoms with Crippen molar-refractivity contribution in [1.29, 1.82) is 0 Å². The van der Waals surface area contributed by atoms with Crippen LogP contribution < -0.4 is 0 Å². The molecule has 0 radical (unpaired) electrons. The van der Waals surface area contributed by atoms with Gasteiger partial charge in [0.1, 0.15) is 6.10 Å². The molecule has 0 saturated carbocycles. The lowest BCUT2D eigenvalue weighted by Gasteiger charge is -2.12. The van der Waals surface area contributed by atoms with Gasteiger partial charge in [-0.15, -0.1) is 11.3 Å². The molecule has 4 heteroatoms. The number of rotatable bonds is 6. The third-order valence-corrected chi connectivity index (χ3v) is 3.77. The quantitative estimate of drug-likeness (QED) is 0.802. The number of hydrogen-bond donors (Lipinski definition) is 0. The van der Waals surface area contributed by atoms with Crippen molar-refractivity contribution in [2.45, 2.75) is 32.8 Å². The second-order valence-corrected chi connectivity index (χ2v) is 5.14. The van der Waals surface area contributed by atoms with Crippen LogP contribution in [-0.2, 0) is 16.0 Å². The van der Waals surface area contributed by atoms with Crippen molar-refractivity contribution in [2.75, 3.05) is 6.61 Å². The summed E-state index contributed by atoms with van der Waals surface area (Å²) >= 11 is 4.98. The van der Waals surface area contributed by atoms with Gasteiger partial charge in [0.2, 0.25) is 0 Å². The Balaban J connectivity index is 2.53. The third kappa shape index (κ3) is 4.05. The molecule has 15 heavy (non-hydrogen) atoms. The zero-order chi connectivity index (χ0) is 11.3. The molecule has 0 aliphatic carbocycles. The molecule has 1 aromatic heterocycles. The lowest BCUT2D eigenvalue weighted by molar-refractivity contribution is -0.129. The SMILES string of the molecule is CCOC(CC)C(=O)Cc1cc(Br)cs1. The monoisotopic (exact) mass is 290 g/mol. The van der Waals surface area contributed by atoms with Crippen molar-refractivity contribution in [2.24, 2.45) is 0 Å². The lowest BCUT2D eigenvalue weighted by atomic mass is 10.1. The van der Waals surface area contributed by atoms with Crippen LogP contribution in [0.3, 0.4) is 0 Å². The molecule has 84 valence electrons. The second-order valence-electron chi connectivity index (χ2n) is 3.23. The van der Waals surface area contributed by atoms with Gasteiger partial charge < -0.3 is 4.74 Å². The van der Waals surface area contributed by atoms with E-state index in [9.17, 15) is 4.79 Å². The highest BCUT2D eigenvalue weighted by molar-refractivity contribution is 9.10. The molecule has 0 bridgehead atoms. The molecule has 0 aliphatic rings. The first-order chi connectivity index (χ1) is 7.17. The summed E-state index contributed by atoms with van der Waals surface area (Å²) in [4.78, 5) is 12.9. The summed E-state index contributed by atoms with van der Waals surface area (Å²) in [6, 6.07) is 1.99. The van der Waals surface area contributed by atoms with E-state index in [4.69, 9.17) is 4.74 Å². The first kappa shape index (κ1) is 12.9. The molecule has 0 aromatic carbocycles. The minimum atomic E-state index is -0.240. The van der Waals surface area contributed by atoms with Gasteiger partial charge in [0.25, 0.3) is 0 Å². The molecule has 0 fully saturated rings. The van der Waals surface area contributed by atoms with E-state index in [1.165, 1.54) is 0 Å². The second kappa shape index (κ2) is 6.40.